The average molecular weight is 210 g/mol. The Morgan fingerprint density at radius 1 is 1.47 bits per heavy atom. The third-order valence-corrected chi connectivity index (χ3v) is 2.62. The summed E-state index contributed by atoms with van der Waals surface area (Å²) in [6.45, 7) is 8.12. The maximum Gasteiger partial charge on any atom is 0.230 e. The van der Waals surface area contributed by atoms with E-state index in [0.717, 1.165) is 44.4 Å². The van der Waals surface area contributed by atoms with Crippen molar-refractivity contribution in [3.63, 3.8) is 0 Å². The van der Waals surface area contributed by atoms with E-state index in [-0.39, 0.29) is 0 Å². The third kappa shape index (κ3) is 2.76. The normalized spacial score (nSPS) is 23.2. The molecule has 1 aromatic rings. The summed E-state index contributed by atoms with van der Waals surface area (Å²) in [7, 11) is 0. The van der Waals surface area contributed by atoms with Gasteiger partial charge in [0, 0.05) is 32.1 Å². The molecule has 0 amide bonds. The molecule has 0 bridgehead atoms. The molecule has 1 N–H and O–H groups in total. The van der Waals surface area contributed by atoms with Gasteiger partial charge in [-0.1, -0.05) is 6.92 Å². The lowest BCUT2D eigenvalue weighted by atomic mass is 10.2. The van der Waals surface area contributed by atoms with Gasteiger partial charge in [-0.15, -0.1) is 10.2 Å². The molecule has 5 heteroatoms. The van der Waals surface area contributed by atoms with Gasteiger partial charge >= 0.3 is 0 Å². The van der Waals surface area contributed by atoms with Gasteiger partial charge in [0.05, 0.1) is 6.54 Å². The number of nitrogens with zero attached hydrogens (tertiary/aromatic N) is 3. The van der Waals surface area contributed by atoms with Gasteiger partial charge in [0.2, 0.25) is 11.8 Å². The minimum atomic E-state index is 0.548. The van der Waals surface area contributed by atoms with Crippen LogP contribution in [0.15, 0.2) is 4.42 Å². The molecule has 0 unspecified atom stereocenters. The molecule has 5 nitrogen and oxygen atoms in total. The van der Waals surface area contributed by atoms with Crippen molar-refractivity contribution < 1.29 is 4.42 Å². The third-order valence-electron chi connectivity index (χ3n) is 2.62. The van der Waals surface area contributed by atoms with Crippen molar-refractivity contribution in [1.29, 1.82) is 0 Å². The van der Waals surface area contributed by atoms with E-state index < -0.39 is 0 Å². The Morgan fingerprint density at radius 3 is 2.93 bits per heavy atom. The monoisotopic (exact) mass is 210 g/mol. The van der Waals surface area contributed by atoms with Crippen LogP contribution < -0.4 is 5.32 Å². The highest BCUT2D eigenvalue weighted by molar-refractivity contribution is 4.84. The van der Waals surface area contributed by atoms with Crippen LogP contribution in [0.25, 0.3) is 0 Å². The highest BCUT2D eigenvalue weighted by Crippen LogP contribution is 2.07. The first-order chi connectivity index (χ1) is 7.28. The first-order valence-corrected chi connectivity index (χ1v) is 5.55. The first-order valence-electron chi connectivity index (χ1n) is 5.55. The van der Waals surface area contributed by atoms with E-state index >= 15 is 0 Å². The summed E-state index contributed by atoms with van der Waals surface area (Å²) < 4.78 is 5.49. The Morgan fingerprint density at radius 2 is 2.27 bits per heavy atom. The van der Waals surface area contributed by atoms with Crippen molar-refractivity contribution in [2.45, 2.75) is 32.9 Å². The number of aromatic nitrogens is 2. The van der Waals surface area contributed by atoms with E-state index in [9.17, 15) is 0 Å². The minimum Gasteiger partial charge on any atom is -0.424 e. The molecule has 1 aromatic heterocycles. The topological polar surface area (TPSA) is 54.2 Å². The Bertz CT molecular complexity index is 312. The predicted octanol–water partition coefficient (Wildman–Crippen LogP) is 0.426. The van der Waals surface area contributed by atoms with E-state index in [0.29, 0.717) is 6.04 Å². The molecule has 0 aromatic carbocycles. The van der Waals surface area contributed by atoms with E-state index in [4.69, 9.17) is 4.42 Å². The SMILES string of the molecule is CCc1nnc(CN2CCN[C@H](C)C2)o1. The van der Waals surface area contributed by atoms with Gasteiger partial charge in [-0.25, -0.2) is 0 Å². The zero-order chi connectivity index (χ0) is 10.7. The van der Waals surface area contributed by atoms with Crippen molar-refractivity contribution in [1.82, 2.24) is 20.4 Å². The van der Waals surface area contributed by atoms with Crippen molar-refractivity contribution >= 4 is 0 Å². The molecule has 1 aliphatic rings. The highest BCUT2D eigenvalue weighted by Gasteiger charge is 2.17. The smallest absolute Gasteiger partial charge is 0.230 e. The summed E-state index contributed by atoms with van der Waals surface area (Å²) in [5.74, 6) is 1.47. The summed E-state index contributed by atoms with van der Waals surface area (Å²) in [5.41, 5.74) is 0. The molecule has 0 spiro atoms. The Balaban J connectivity index is 1.90. The van der Waals surface area contributed by atoms with E-state index in [2.05, 4.69) is 27.3 Å². The van der Waals surface area contributed by atoms with Crippen LogP contribution >= 0.6 is 0 Å². The lowest BCUT2D eigenvalue weighted by Crippen LogP contribution is -2.48. The molecule has 0 radical (unpaired) electrons. The zero-order valence-electron chi connectivity index (χ0n) is 9.36. The van der Waals surface area contributed by atoms with Crippen LogP contribution in [-0.2, 0) is 13.0 Å². The van der Waals surface area contributed by atoms with Crippen LogP contribution in [0.2, 0.25) is 0 Å². The fourth-order valence-electron chi connectivity index (χ4n) is 1.84. The molecular weight excluding hydrogens is 192 g/mol. The van der Waals surface area contributed by atoms with Gasteiger partial charge in [-0.05, 0) is 6.92 Å². The number of nitrogens with one attached hydrogen (secondary N) is 1. The number of piperazine rings is 1. The van der Waals surface area contributed by atoms with E-state index in [1.807, 2.05) is 6.92 Å². The van der Waals surface area contributed by atoms with Crippen molar-refractivity contribution in [3.05, 3.63) is 11.8 Å². The maximum absolute atomic E-state index is 5.49. The average Bonchev–Trinajstić information content (AvgIpc) is 2.65. The van der Waals surface area contributed by atoms with Gasteiger partial charge in [-0.3, -0.25) is 4.90 Å². The van der Waals surface area contributed by atoms with E-state index in [1.54, 1.807) is 0 Å². The predicted molar refractivity (Wildman–Crippen MR) is 56.4 cm³/mol. The van der Waals surface area contributed by atoms with Gasteiger partial charge < -0.3 is 9.73 Å². The Hall–Kier alpha value is -0.940. The second kappa shape index (κ2) is 4.72. The molecule has 1 aliphatic heterocycles. The van der Waals surface area contributed by atoms with Gasteiger partial charge in [0.1, 0.15) is 0 Å². The summed E-state index contributed by atoms with van der Waals surface area (Å²) in [4.78, 5) is 2.34. The molecule has 0 saturated carbocycles. The minimum absolute atomic E-state index is 0.548. The molecule has 1 fully saturated rings. The first kappa shape index (κ1) is 10.6. The molecule has 0 aliphatic carbocycles. The molecule has 2 heterocycles. The van der Waals surface area contributed by atoms with Gasteiger partial charge in [0.15, 0.2) is 0 Å². The summed E-state index contributed by atoms with van der Waals surface area (Å²) in [6, 6.07) is 0.548. The van der Waals surface area contributed by atoms with Crippen molar-refractivity contribution in [3.8, 4) is 0 Å². The summed E-state index contributed by atoms with van der Waals surface area (Å²) in [6.07, 6.45) is 0.810. The summed E-state index contributed by atoms with van der Waals surface area (Å²) >= 11 is 0. The standard InChI is InChI=1S/C10H18N4O/c1-3-9-12-13-10(15-9)7-14-5-4-11-8(2)6-14/h8,11H,3-7H2,1-2H3/t8-/m1/s1. The molecular formula is C10H18N4O. The van der Waals surface area contributed by atoms with Crippen molar-refractivity contribution in [2.24, 2.45) is 0 Å². The molecule has 15 heavy (non-hydrogen) atoms. The number of aryl methyl sites for hydroxylation is 1. The van der Waals surface area contributed by atoms with Crippen LogP contribution in [0.5, 0.6) is 0 Å². The van der Waals surface area contributed by atoms with E-state index in [1.165, 1.54) is 0 Å². The molecule has 1 atom stereocenters. The zero-order valence-corrected chi connectivity index (χ0v) is 9.36. The Labute approximate surface area is 89.9 Å². The maximum atomic E-state index is 5.49. The largest absolute Gasteiger partial charge is 0.424 e. The van der Waals surface area contributed by atoms with Crippen molar-refractivity contribution in [2.75, 3.05) is 19.6 Å². The van der Waals surface area contributed by atoms with Crippen LogP contribution in [0.3, 0.4) is 0 Å². The second-order valence-electron chi connectivity index (χ2n) is 4.03. The fourth-order valence-corrected chi connectivity index (χ4v) is 1.84. The molecule has 1 saturated heterocycles. The number of rotatable bonds is 3. The Kier molecular flexibility index (Phi) is 3.33. The quantitative estimate of drug-likeness (QED) is 0.784. The molecule has 84 valence electrons. The fraction of sp³-hybridized carbons (Fsp3) is 0.800. The number of hydrogen-bond donors (Lipinski definition) is 1. The van der Waals surface area contributed by atoms with Crippen LogP contribution in [-0.4, -0.2) is 40.8 Å². The molecule has 2 rings (SSSR count). The van der Waals surface area contributed by atoms with Crippen LogP contribution in [0, 0.1) is 0 Å². The second-order valence-corrected chi connectivity index (χ2v) is 4.03. The van der Waals surface area contributed by atoms with Crippen LogP contribution in [0.4, 0.5) is 0 Å². The lowest BCUT2D eigenvalue weighted by molar-refractivity contribution is 0.182. The number of hydrogen-bond acceptors (Lipinski definition) is 5. The highest BCUT2D eigenvalue weighted by atomic mass is 16.4. The van der Waals surface area contributed by atoms with Crippen LogP contribution in [0.1, 0.15) is 25.6 Å². The summed E-state index contributed by atoms with van der Waals surface area (Å²) in [5, 5.41) is 11.4. The van der Waals surface area contributed by atoms with Gasteiger partial charge in [-0.2, -0.15) is 0 Å². The lowest BCUT2D eigenvalue weighted by Gasteiger charge is -2.30. The van der Waals surface area contributed by atoms with Gasteiger partial charge in [0.25, 0.3) is 0 Å².